The lowest BCUT2D eigenvalue weighted by Crippen LogP contribution is -2.65. The minimum Gasteiger partial charge on any atom is -0.458 e. The van der Waals surface area contributed by atoms with E-state index in [0.29, 0.717) is 35.2 Å². The van der Waals surface area contributed by atoms with Gasteiger partial charge in [-0.3, -0.25) is 4.79 Å². The van der Waals surface area contributed by atoms with Gasteiger partial charge in [-0.2, -0.15) is 0 Å². The summed E-state index contributed by atoms with van der Waals surface area (Å²) in [7, 11) is 0. The highest BCUT2D eigenvalue weighted by Gasteiger charge is 2.65. The first-order valence-corrected chi connectivity index (χ1v) is 12.9. The molecule has 0 aromatic heterocycles. The van der Waals surface area contributed by atoms with Gasteiger partial charge in [-0.15, -0.1) is 0 Å². The fourth-order valence-corrected chi connectivity index (χ4v) is 8.49. The van der Waals surface area contributed by atoms with Crippen molar-refractivity contribution in [1.29, 1.82) is 0 Å². The molecule has 2 unspecified atom stereocenters. The molecule has 0 aromatic rings. The monoisotopic (exact) mass is 444 g/mol. The maximum Gasteiger partial charge on any atom is 0.333 e. The fourth-order valence-electron chi connectivity index (χ4n) is 8.49. The van der Waals surface area contributed by atoms with Crippen molar-refractivity contribution in [3.8, 4) is 0 Å². The molecule has 0 aliphatic heterocycles. The van der Waals surface area contributed by atoms with E-state index in [1.54, 1.807) is 6.92 Å². The Morgan fingerprint density at radius 1 is 0.969 bits per heavy atom. The van der Waals surface area contributed by atoms with Gasteiger partial charge in [-0.05, 0) is 96.8 Å². The summed E-state index contributed by atoms with van der Waals surface area (Å²) in [4.78, 5) is 25.9. The van der Waals surface area contributed by atoms with Crippen LogP contribution in [-0.4, -0.2) is 23.1 Å². The van der Waals surface area contributed by atoms with Crippen LogP contribution in [0.2, 0.25) is 0 Å². The van der Waals surface area contributed by atoms with Crippen molar-refractivity contribution in [2.24, 2.45) is 34.5 Å². The average Bonchev–Trinajstić information content (AvgIpc) is 3.16. The van der Waals surface area contributed by atoms with Crippen LogP contribution >= 0.6 is 0 Å². The molecule has 32 heavy (non-hydrogen) atoms. The lowest BCUT2D eigenvalue weighted by atomic mass is 9.43. The normalized spacial score (nSPS) is 36.9. The van der Waals surface area contributed by atoms with Gasteiger partial charge in [0, 0.05) is 23.8 Å². The quantitative estimate of drug-likeness (QED) is 0.327. The van der Waals surface area contributed by atoms with Crippen molar-refractivity contribution in [3.05, 3.63) is 12.2 Å². The zero-order chi connectivity index (χ0) is 23.5. The number of hydrogen-bond acceptors (Lipinski definition) is 4. The third-order valence-electron chi connectivity index (χ3n) is 9.17. The van der Waals surface area contributed by atoms with Crippen LogP contribution in [0.1, 0.15) is 106 Å². The van der Waals surface area contributed by atoms with Gasteiger partial charge in [0.1, 0.15) is 11.2 Å². The summed E-state index contributed by atoms with van der Waals surface area (Å²) in [5, 5.41) is 0. The van der Waals surface area contributed by atoms with Crippen molar-refractivity contribution in [2.45, 2.75) is 117 Å². The van der Waals surface area contributed by atoms with E-state index in [0.717, 1.165) is 5.92 Å². The van der Waals surface area contributed by atoms with Gasteiger partial charge >= 0.3 is 11.9 Å². The summed E-state index contributed by atoms with van der Waals surface area (Å²) in [6.07, 6.45) is 11.6. The second kappa shape index (κ2) is 7.87. The van der Waals surface area contributed by atoms with Crippen LogP contribution in [0.4, 0.5) is 0 Å². The van der Waals surface area contributed by atoms with Crippen LogP contribution in [0.3, 0.4) is 0 Å². The SMILES string of the molecule is C=C(C)C(=O)OC(C)(C)CC(C)(C)C(=O)OC1(C2CCCC2)C2CC3CC1CC(C)(C3)C2. The van der Waals surface area contributed by atoms with Gasteiger partial charge in [0.05, 0.1) is 5.41 Å². The van der Waals surface area contributed by atoms with Gasteiger partial charge < -0.3 is 9.47 Å². The number of hydrogen-bond donors (Lipinski definition) is 0. The molecule has 5 fully saturated rings. The van der Waals surface area contributed by atoms with E-state index in [-0.39, 0.29) is 11.6 Å². The molecule has 4 bridgehead atoms. The first-order valence-electron chi connectivity index (χ1n) is 12.9. The van der Waals surface area contributed by atoms with E-state index < -0.39 is 17.0 Å². The van der Waals surface area contributed by atoms with E-state index in [1.165, 1.54) is 57.8 Å². The summed E-state index contributed by atoms with van der Waals surface area (Å²) in [6.45, 7) is 15.5. The molecule has 0 aromatic carbocycles. The topological polar surface area (TPSA) is 52.6 Å². The number of ether oxygens (including phenoxy) is 2. The average molecular weight is 445 g/mol. The molecule has 5 aliphatic rings. The molecule has 5 rings (SSSR count). The van der Waals surface area contributed by atoms with Crippen molar-refractivity contribution in [1.82, 2.24) is 0 Å². The van der Waals surface area contributed by atoms with Crippen molar-refractivity contribution < 1.29 is 19.1 Å². The Hall–Kier alpha value is -1.32. The molecule has 5 aliphatic carbocycles. The molecule has 4 heteroatoms. The molecule has 0 saturated heterocycles. The molecule has 4 nitrogen and oxygen atoms in total. The molecule has 0 heterocycles. The van der Waals surface area contributed by atoms with Crippen LogP contribution in [0.25, 0.3) is 0 Å². The van der Waals surface area contributed by atoms with Crippen LogP contribution in [-0.2, 0) is 19.1 Å². The molecule has 180 valence electrons. The predicted octanol–water partition coefficient (Wildman–Crippen LogP) is 6.62. The molecule has 2 atom stereocenters. The minimum atomic E-state index is -0.767. The van der Waals surface area contributed by atoms with E-state index in [4.69, 9.17) is 9.47 Å². The summed E-state index contributed by atoms with van der Waals surface area (Å²) < 4.78 is 12.5. The number of carbonyl (C=O) groups is 2. The van der Waals surface area contributed by atoms with E-state index in [1.807, 2.05) is 27.7 Å². The Morgan fingerprint density at radius 3 is 2.03 bits per heavy atom. The van der Waals surface area contributed by atoms with Gasteiger partial charge in [-0.1, -0.05) is 26.3 Å². The lowest BCUT2D eigenvalue weighted by molar-refractivity contribution is -0.248. The summed E-state index contributed by atoms with van der Waals surface area (Å²) in [5.74, 6) is 1.83. The highest BCUT2D eigenvalue weighted by Crippen LogP contribution is 2.67. The van der Waals surface area contributed by atoms with Crippen molar-refractivity contribution >= 4 is 11.9 Å². The van der Waals surface area contributed by atoms with Crippen LogP contribution < -0.4 is 0 Å². The molecular formula is C28H44O4. The number of esters is 2. The van der Waals surface area contributed by atoms with Crippen molar-refractivity contribution in [3.63, 3.8) is 0 Å². The maximum absolute atomic E-state index is 13.8. The minimum absolute atomic E-state index is 0.110. The molecule has 0 N–H and O–H groups in total. The van der Waals surface area contributed by atoms with Crippen molar-refractivity contribution in [2.75, 3.05) is 0 Å². The van der Waals surface area contributed by atoms with E-state index in [2.05, 4.69) is 13.5 Å². The molecular weight excluding hydrogens is 400 g/mol. The Kier molecular flexibility index (Phi) is 5.86. The summed E-state index contributed by atoms with van der Waals surface area (Å²) in [5.41, 5.74) is -0.959. The zero-order valence-electron chi connectivity index (χ0n) is 21.2. The summed E-state index contributed by atoms with van der Waals surface area (Å²) in [6, 6.07) is 0. The molecule has 0 radical (unpaired) electrons. The van der Waals surface area contributed by atoms with Crippen LogP contribution in [0.5, 0.6) is 0 Å². The second-order valence-electron chi connectivity index (χ2n) is 13.4. The van der Waals surface area contributed by atoms with Gasteiger partial charge in [0.2, 0.25) is 0 Å². The van der Waals surface area contributed by atoms with E-state index >= 15 is 0 Å². The van der Waals surface area contributed by atoms with Gasteiger partial charge in [-0.25, -0.2) is 4.79 Å². The second-order valence-corrected chi connectivity index (χ2v) is 13.4. The Morgan fingerprint density at radius 2 is 1.53 bits per heavy atom. The summed E-state index contributed by atoms with van der Waals surface area (Å²) >= 11 is 0. The number of rotatable bonds is 7. The first kappa shape index (κ1) is 23.8. The highest BCUT2D eigenvalue weighted by molar-refractivity contribution is 5.87. The highest BCUT2D eigenvalue weighted by atomic mass is 16.6. The van der Waals surface area contributed by atoms with Gasteiger partial charge in [0.15, 0.2) is 0 Å². The first-order chi connectivity index (χ1) is 14.8. The largest absolute Gasteiger partial charge is 0.458 e. The smallest absolute Gasteiger partial charge is 0.333 e. The number of carbonyl (C=O) groups excluding carboxylic acids is 2. The van der Waals surface area contributed by atoms with Gasteiger partial charge in [0.25, 0.3) is 0 Å². The predicted molar refractivity (Wildman–Crippen MR) is 126 cm³/mol. The third kappa shape index (κ3) is 4.16. The Labute approximate surface area is 194 Å². The maximum atomic E-state index is 13.8. The van der Waals surface area contributed by atoms with Crippen LogP contribution in [0.15, 0.2) is 12.2 Å². The molecule has 5 saturated carbocycles. The molecule has 0 amide bonds. The standard InChI is InChI=1S/C28H44O4/c1-18(2)23(29)31-26(5,6)17-25(3,4)24(30)32-28(20-10-8-9-11-20)21-12-19-13-22(28)16-27(7,14-19)15-21/h19-22H,1,8-17H2,2-7H3. The van der Waals surface area contributed by atoms with Crippen LogP contribution in [0, 0.1) is 34.5 Å². The zero-order valence-corrected chi connectivity index (χ0v) is 21.2. The van der Waals surface area contributed by atoms with E-state index in [9.17, 15) is 9.59 Å². The fraction of sp³-hybridized carbons (Fsp3) is 0.857. The third-order valence-corrected chi connectivity index (χ3v) is 9.17. The Balaban J connectivity index is 1.56. The molecule has 0 spiro atoms. The Bertz CT molecular complexity index is 769. The lowest BCUT2D eigenvalue weighted by Gasteiger charge is -2.65.